The van der Waals surface area contributed by atoms with Crippen LogP contribution in [0.5, 0.6) is 0 Å². The largest absolute Gasteiger partial charge is 0.481 e. The van der Waals surface area contributed by atoms with E-state index in [-0.39, 0.29) is 73.5 Å². The highest BCUT2D eigenvalue weighted by Gasteiger charge is 2.40. The number of esters is 1. The second kappa shape index (κ2) is 25.0. The number of carboxylic acid groups (broad SMARTS) is 1. The summed E-state index contributed by atoms with van der Waals surface area (Å²) in [5, 5.41) is 18.9. The molecule has 16 heteroatoms. The monoisotopic (exact) mass is 894 g/mol. The van der Waals surface area contributed by atoms with Gasteiger partial charge >= 0.3 is 11.9 Å². The average molecular weight is 895 g/mol. The van der Waals surface area contributed by atoms with E-state index in [0.717, 1.165) is 42.7 Å². The third-order valence-electron chi connectivity index (χ3n) is 11.8. The highest BCUT2D eigenvalue weighted by atomic mass is 32.1. The van der Waals surface area contributed by atoms with Crippen LogP contribution in [0, 0.1) is 35.5 Å². The molecule has 0 saturated carbocycles. The van der Waals surface area contributed by atoms with Gasteiger partial charge in [-0.3, -0.25) is 38.5 Å². The molecule has 15 nitrogen and oxygen atoms in total. The summed E-state index contributed by atoms with van der Waals surface area (Å²) in [7, 11) is 1.95. The van der Waals surface area contributed by atoms with Crippen molar-refractivity contribution in [2.45, 2.75) is 150 Å². The number of nitrogens with one attached hydrogen (secondary N) is 2. The Bertz CT molecular complexity index is 1890. The molecule has 7 atom stereocenters. The molecular formula is C47H70N6O9S. The normalized spacial score (nSPS) is 17.3. The fourth-order valence-corrected chi connectivity index (χ4v) is 8.51. The standard InChI is InChI=1S/C47H70N6O9S/c1-11-13-16-23-61-53(45(58)36(30(5)12-2)25-40(55)38-17-14-15-22-52(38)10)39(29(3)4)26-41(62-32(7)54)44-51-37(28-63-44)43(57)50-35(27-47(8,9)46(59)60)24-33-18-20-34(21-19-33)49-42(56)31(6)48/h1,18-21,28-31,35-36,38-39,41H,12-17,22-27,48H2,2-10H3,(H,49,56)(H,50,57)(H,59,60)/t30-,31-,35-,36-,38+,39+,41+/m0/s1. The number of carboxylic acids is 1. The van der Waals surface area contributed by atoms with Gasteiger partial charge in [0, 0.05) is 49.2 Å². The molecule has 5 N–H and O–H groups in total. The number of carbonyl (C=O) groups excluding carboxylic acids is 5. The van der Waals surface area contributed by atoms with Gasteiger partial charge in [-0.2, -0.15) is 0 Å². The molecule has 0 aliphatic carbocycles. The number of piperidine rings is 1. The molecule has 1 aliphatic heterocycles. The highest BCUT2D eigenvalue weighted by molar-refractivity contribution is 7.09. The van der Waals surface area contributed by atoms with Crippen LogP contribution in [-0.4, -0.2) is 99.9 Å². The summed E-state index contributed by atoms with van der Waals surface area (Å²) in [6.07, 6.45) is 9.39. The van der Waals surface area contributed by atoms with E-state index in [1.54, 1.807) is 50.4 Å². The van der Waals surface area contributed by atoms with Crippen molar-refractivity contribution in [3.05, 3.63) is 45.9 Å². The molecular weight excluding hydrogens is 825 g/mol. The van der Waals surface area contributed by atoms with Crippen LogP contribution in [0.1, 0.15) is 140 Å². The number of Topliss-reactive ketones (excluding diaryl/α,β-unsaturated/α-hetero) is 1. The molecule has 0 spiro atoms. The van der Waals surface area contributed by atoms with Crippen LogP contribution in [0.3, 0.4) is 0 Å². The van der Waals surface area contributed by atoms with Crippen molar-refractivity contribution < 1.29 is 43.4 Å². The Morgan fingerprint density at radius 3 is 2.37 bits per heavy atom. The molecule has 1 fully saturated rings. The lowest BCUT2D eigenvalue weighted by atomic mass is 9.83. The van der Waals surface area contributed by atoms with Crippen molar-refractivity contribution >= 4 is 52.5 Å². The molecule has 63 heavy (non-hydrogen) atoms. The number of ketones is 1. The number of hydrogen-bond donors (Lipinski definition) is 4. The lowest BCUT2D eigenvalue weighted by Crippen LogP contribution is -2.50. The Kier molecular flexibility index (Phi) is 20.9. The first kappa shape index (κ1) is 52.7. The number of hydroxylamine groups is 2. The van der Waals surface area contributed by atoms with Crippen LogP contribution in [0.25, 0.3) is 0 Å². The van der Waals surface area contributed by atoms with E-state index in [4.69, 9.17) is 21.7 Å². The second-order valence-corrected chi connectivity index (χ2v) is 18.8. The van der Waals surface area contributed by atoms with Crippen LogP contribution in [0.15, 0.2) is 29.6 Å². The molecule has 0 radical (unpaired) electrons. The first-order chi connectivity index (χ1) is 29.7. The van der Waals surface area contributed by atoms with Gasteiger partial charge in [0.15, 0.2) is 11.9 Å². The van der Waals surface area contributed by atoms with E-state index in [1.807, 2.05) is 34.7 Å². The predicted octanol–water partition coefficient (Wildman–Crippen LogP) is 6.57. The van der Waals surface area contributed by atoms with Crippen LogP contribution in [0.4, 0.5) is 5.69 Å². The summed E-state index contributed by atoms with van der Waals surface area (Å²) in [4.78, 5) is 92.4. The van der Waals surface area contributed by atoms with E-state index in [9.17, 15) is 33.9 Å². The number of nitrogens with zero attached hydrogens (tertiary/aromatic N) is 3. The molecule has 2 heterocycles. The second-order valence-electron chi connectivity index (χ2n) is 17.9. The van der Waals surface area contributed by atoms with Gasteiger partial charge in [-0.15, -0.1) is 23.7 Å². The number of terminal acetylenes is 1. The average Bonchev–Trinajstić information content (AvgIpc) is 3.72. The molecule has 2 aromatic rings. The van der Waals surface area contributed by atoms with Crippen molar-refractivity contribution in [2.24, 2.45) is 28.9 Å². The molecule has 0 unspecified atom stereocenters. The molecule has 3 amide bonds. The fraction of sp³-hybridized carbons (Fsp3) is 0.638. The van der Waals surface area contributed by atoms with Gasteiger partial charge < -0.3 is 26.2 Å². The number of ether oxygens (including phenoxy) is 1. The third kappa shape index (κ3) is 16.1. The quantitative estimate of drug-likeness (QED) is 0.0361. The predicted molar refractivity (Wildman–Crippen MR) is 243 cm³/mol. The zero-order valence-corrected chi connectivity index (χ0v) is 39.4. The maximum Gasteiger partial charge on any atom is 0.309 e. The molecule has 0 bridgehead atoms. The Hall–Kier alpha value is -4.69. The number of nitrogens with two attached hydrogens (primary N) is 1. The number of unbranched alkanes of at least 4 members (excludes halogenated alkanes) is 1. The molecule has 1 saturated heterocycles. The van der Waals surface area contributed by atoms with E-state index in [1.165, 1.54) is 12.0 Å². The highest BCUT2D eigenvalue weighted by Crippen LogP contribution is 2.34. The first-order valence-electron chi connectivity index (χ1n) is 22.1. The third-order valence-corrected chi connectivity index (χ3v) is 12.7. The van der Waals surface area contributed by atoms with Gasteiger partial charge in [-0.1, -0.05) is 52.7 Å². The van der Waals surface area contributed by atoms with Crippen LogP contribution >= 0.6 is 11.3 Å². The number of rotatable bonds is 25. The maximum atomic E-state index is 14.8. The summed E-state index contributed by atoms with van der Waals surface area (Å²) in [6, 6.07) is 4.76. The Labute approximate surface area is 377 Å². The topological polar surface area (TPSA) is 211 Å². The summed E-state index contributed by atoms with van der Waals surface area (Å²) in [5.74, 6) is -1.21. The number of anilines is 1. The zero-order chi connectivity index (χ0) is 47.0. The Morgan fingerprint density at radius 2 is 1.79 bits per heavy atom. The molecule has 1 aromatic heterocycles. The van der Waals surface area contributed by atoms with Crippen LogP contribution < -0.4 is 16.4 Å². The summed E-state index contributed by atoms with van der Waals surface area (Å²) in [6.45, 7) is 14.8. The number of likely N-dealkylation sites (tertiary alicyclic amines) is 1. The van der Waals surface area contributed by atoms with Gasteiger partial charge in [0.05, 0.1) is 30.1 Å². The Morgan fingerprint density at radius 1 is 1.11 bits per heavy atom. The number of aromatic nitrogens is 1. The van der Waals surface area contributed by atoms with Gasteiger partial charge in [0.25, 0.3) is 5.91 Å². The number of carbonyl (C=O) groups is 6. The van der Waals surface area contributed by atoms with Crippen molar-refractivity contribution in [2.75, 3.05) is 25.5 Å². The smallest absolute Gasteiger partial charge is 0.309 e. The number of hydrogen-bond acceptors (Lipinski definition) is 12. The van der Waals surface area contributed by atoms with Crippen molar-refractivity contribution in [1.29, 1.82) is 0 Å². The number of likely N-dealkylation sites (N-methyl/N-ethyl adjacent to an activating group) is 1. The summed E-state index contributed by atoms with van der Waals surface area (Å²) in [5.41, 5.74) is 5.86. The minimum Gasteiger partial charge on any atom is -0.481 e. The van der Waals surface area contributed by atoms with E-state index >= 15 is 0 Å². The molecule has 1 aliphatic rings. The van der Waals surface area contributed by atoms with E-state index in [2.05, 4.69) is 26.4 Å². The van der Waals surface area contributed by atoms with Gasteiger partial charge in [0.2, 0.25) is 11.8 Å². The van der Waals surface area contributed by atoms with Crippen LogP contribution in [-0.2, 0) is 40.0 Å². The molecule has 1 aromatic carbocycles. The number of amides is 3. The molecule has 3 rings (SSSR count). The van der Waals surface area contributed by atoms with Gasteiger partial charge in [0.1, 0.15) is 10.7 Å². The summed E-state index contributed by atoms with van der Waals surface area (Å²) >= 11 is 1.12. The lowest BCUT2D eigenvalue weighted by molar-refractivity contribution is -0.215. The van der Waals surface area contributed by atoms with Crippen molar-refractivity contribution in [3.8, 4) is 12.3 Å². The summed E-state index contributed by atoms with van der Waals surface area (Å²) < 4.78 is 5.87. The maximum absolute atomic E-state index is 14.8. The van der Waals surface area contributed by atoms with E-state index in [0.29, 0.717) is 30.0 Å². The van der Waals surface area contributed by atoms with Gasteiger partial charge in [-0.25, -0.2) is 10.0 Å². The molecule has 348 valence electrons. The minimum absolute atomic E-state index is 0.0327. The van der Waals surface area contributed by atoms with E-state index < -0.39 is 53.4 Å². The number of benzene rings is 1. The SMILES string of the molecule is C#CCCCON(C(=O)[C@@H](CC(=O)[C@H]1CCCCN1C)[C@@H](C)CC)[C@H](C[C@@H](OC(C)=O)c1nc(C(=O)N[C@@H](Cc2ccc(NC(=O)[C@H](C)N)cc2)CC(C)(C)C(=O)O)cs1)C(C)C. The first-order valence-corrected chi connectivity index (χ1v) is 23.0. The number of thiazole rings is 1. The minimum atomic E-state index is -1.19. The van der Waals surface area contributed by atoms with Crippen LogP contribution in [0.2, 0.25) is 0 Å². The Balaban J connectivity index is 1.93. The lowest BCUT2D eigenvalue weighted by Gasteiger charge is -2.38. The van der Waals surface area contributed by atoms with Crippen molar-refractivity contribution in [3.63, 3.8) is 0 Å². The fourth-order valence-electron chi connectivity index (χ4n) is 7.67. The van der Waals surface area contributed by atoms with Crippen molar-refractivity contribution in [1.82, 2.24) is 20.3 Å². The number of aliphatic carboxylic acids is 1. The van der Waals surface area contributed by atoms with Gasteiger partial charge in [-0.05, 0) is 96.0 Å². The zero-order valence-electron chi connectivity index (χ0n) is 38.6.